The Kier molecular flexibility index (Phi) is 10.7. The summed E-state index contributed by atoms with van der Waals surface area (Å²) in [6, 6.07) is 14.2. The number of rotatable bonds is 9. The summed E-state index contributed by atoms with van der Waals surface area (Å²) in [5, 5.41) is 11.3. The van der Waals surface area contributed by atoms with Gasteiger partial charge in [0, 0.05) is 23.8 Å². The Hall–Kier alpha value is -4.57. The fourth-order valence-corrected chi connectivity index (χ4v) is 4.21. The SMILES string of the molecule is CCOCc1cc(OC)c(-c2ccc(C)c3cccnc23)c(OC)c1.Cc1cc(F)c(C(=O)NCC(=O)O)c(F)c1. The summed E-state index contributed by atoms with van der Waals surface area (Å²) in [7, 11) is 3.35. The first kappa shape index (κ1) is 31.0. The van der Waals surface area contributed by atoms with Crippen LogP contribution in [0.15, 0.2) is 54.7 Å². The van der Waals surface area contributed by atoms with Crippen molar-refractivity contribution < 1.29 is 37.7 Å². The van der Waals surface area contributed by atoms with E-state index in [1.807, 2.05) is 36.6 Å². The number of aryl methyl sites for hydroxylation is 2. The van der Waals surface area contributed by atoms with Crippen LogP contribution >= 0.6 is 0 Å². The number of carbonyl (C=O) groups is 2. The highest BCUT2D eigenvalue weighted by molar-refractivity contribution is 5.98. The van der Waals surface area contributed by atoms with Crippen molar-refractivity contribution in [3.63, 3.8) is 0 Å². The van der Waals surface area contributed by atoms with Crippen LogP contribution in [-0.2, 0) is 16.1 Å². The number of hydrogen-bond acceptors (Lipinski definition) is 6. The molecule has 0 saturated heterocycles. The molecule has 4 rings (SSSR count). The van der Waals surface area contributed by atoms with E-state index >= 15 is 0 Å². The van der Waals surface area contributed by atoms with Gasteiger partial charge in [-0.25, -0.2) is 8.78 Å². The number of hydrogen-bond donors (Lipinski definition) is 2. The van der Waals surface area contributed by atoms with E-state index in [1.165, 1.54) is 12.5 Å². The first-order chi connectivity index (χ1) is 19.6. The summed E-state index contributed by atoms with van der Waals surface area (Å²) in [4.78, 5) is 26.0. The molecule has 0 unspecified atom stereocenters. The molecular formula is C31H32F2N2O6. The van der Waals surface area contributed by atoms with Gasteiger partial charge in [-0.2, -0.15) is 0 Å². The standard InChI is InChI=1S/C21H23NO3.C10H9F2NO3/c1-5-25-13-15-11-18(23-3)20(19(12-15)24-4)17-9-8-14(2)16-7-6-10-22-21(16)17;1-5-2-6(11)9(7(12)3-5)10(16)13-4-8(14)15/h6-12H,5,13H2,1-4H3;2-3H,4H2,1H3,(H,13,16)(H,14,15). The molecule has 0 spiro atoms. The van der Waals surface area contributed by atoms with E-state index in [0.29, 0.717) is 18.8 Å². The minimum absolute atomic E-state index is 0.338. The molecule has 0 aliphatic heterocycles. The predicted octanol–water partition coefficient (Wildman–Crippen LogP) is 5.85. The third-order valence-electron chi connectivity index (χ3n) is 6.11. The molecule has 1 aromatic heterocycles. The first-order valence-electron chi connectivity index (χ1n) is 12.7. The molecule has 1 heterocycles. The number of benzene rings is 3. The third kappa shape index (κ3) is 7.55. The fraction of sp³-hybridized carbons (Fsp3) is 0.258. The van der Waals surface area contributed by atoms with Gasteiger partial charge in [-0.1, -0.05) is 18.2 Å². The number of aliphatic carboxylic acids is 1. The zero-order valence-electron chi connectivity index (χ0n) is 23.5. The Morgan fingerprint density at radius 3 is 2.17 bits per heavy atom. The molecule has 8 nitrogen and oxygen atoms in total. The number of carbonyl (C=O) groups excluding carboxylic acids is 1. The zero-order valence-corrected chi connectivity index (χ0v) is 23.5. The molecule has 3 aromatic carbocycles. The summed E-state index contributed by atoms with van der Waals surface area (Å²) in [6.07, 6.45) is 1.81. The Morgan fingerprint density at radius 2 is 1.61 bits per heavy atom. The maximum absolute atomic E-state index is 13.2. The van der Waals surface area contributed by atoms with E-state index in [-0.39, 0.29) is 0 Å². The molecule has 0 radical (unpaired) electrons. The van der Waals surface area contributed by atoms with Gasteiger partial charge in [-0.3, -0.25) is 14.6 Å². The highest BCUT2D eigenvalue weighted by Gasteiger charge is 2.19. The number of fused-ring (bicyclic) bond motifs is 1. The molecule has 0 saturated carbocycles. The second kappa shape index (κ2) is 14.2. The number of pyridine rings is 1. The molecule has 4 aromatic rings. The molecule has 0 bridgehead atoms. The van der Waals surface area contributed by atoms with Crippen LogP contribution in [0, 0.1) is 25.5 Å². The Balaban J connectivity index is 0.000000250. The molecule has 2 N–H and O–H groups in total. The van der Waals surface area contributed by atoms with E-state index in [4.69, 9.17) is 19.3 Å². The van der Waals surface area contributed by atoms with Crippen molar-refractivity contribution in [1.82, 2.24) is 10.3 Å². The number of ether oxygens (including phenoxy) is 3. The summed E-state index contributed by atoms with van der Waals surface area (Å²) in [5.74, 6) is -2.89. The number of methoxy groups -OCH3 is 2. The van der Waals surface area contributed by atoms with Crippen molar-refractivity contribution in [2.75, 3.05) is 27.4 Å². The monoisotopic (exact) mass is 566 g/mol. The second-order valence-corrected chi connectivity index (χ2v) is 9.02. The summed E-state index contributed by atoms with van der Waals surface area (Å²) < 4.78 is 43.4. The van der Waals surface area contributed by atoms with E-state index in [1.54, 1.807) is 14.2 Å². The first-order valence-corrected chi connectivity index (χ1v) is 12.7. The van der Waals surface area contributed by atoms with E-state index in [0.717, 1.165) is 51.2 Å². The lowest BCUT2D eigenvalue weighted by Gasteiger charge is -2.17. The highest BCUT2D eigenvalue weighted by atomic mass is 19.1. The fourth-order valence-electron chi connectivity index (χ4n) is 4.21. The number of aromatic nitrogens is 1. The van der Waals surface area contributed by atoms with Crippen LogP contribution in [-0.4, -0.2) is 49.3 Å². The number of amides is 1. The lowest BCUT2D eigenvalue weighted by atomic mass is 9.96. The topological polar surface area (TPSA) is 107 Å². The van der Waals surface area contributed by atoms with Crippen LogP contribution in [0.4, 0.5) is 8.78 Å². The largest absolute Gasteiger partial charge is 0.496 e. The van der Waals surface area contributed by atoms with Crippen LogP contribution in [0.2, 0.25) is 0 Å². The van der Waals surface area contributed by atoms with Crippen molar-refractivity contribution in [3.05, 3.63) is 88.6 Å². The minimum Gasteiger partial charge on any atom is -0.496 e. The predicted molar refractivity (Wildman–Crippen MR) is 151 cm³/mol. The summed E-state index contributed by atoms with van der Waals surface area (Å²) >= 11 is 0. The second-order valence-electron chi connectivity index (χ2n) is 9.02. The number of carboxylic acid groups (broad SMARTS) is 1. The Labute approximate surface area is 236 Å². The van der Waals surface area contributed by atoms with Gasteiger partial charge >= 0.3 is 5.97 Å². The Bertz CT molecular complexity index is 1510. The summed E-state index contributed by atoms with van der Waals surface area (Å²) in [6.45, 7) is 6.05. The van der Waals surface area contributed by atoms with Crippen LogP contribution in [0.3, 0.4) is 0 Å². The van der Waals surface area contributed by atoms with Gasteiger partial charge in [0.2, 0.25) is 0 Å². The number of carboxylic acids is 1. The molecule has 0 atom stereocenters. The van der Waals surface area contributed by atoms with E-state index in [2.05, 4.69) is 30.1 Å². The lowest BCUT2D eigenvalue weighted by molar-refractivity contribution is -0.135. The normalized spacial score (nSPS) is 10.5. The van der Waals surface area contributed by atoms with Crippen LogP contribution in [0.25, 0.3) is 22.0 Å². The molecule has 1 amide bonds. The maximum Gasteiger partial charge on any atom is 0.322 e. The number of halogens is 2. The van der Waals surface area contributed by atoms with Gasteiger partial charge in [0.25, 0.3) is 5.91 Å². The van der Waals surface area contributed by atoms with Gasteiger partial charge in [0.1, 0.15) is 35.2 Å². The molecule has 216 valence electrons. The molecule has 0 fully saturated rings. The smallest absolute Gasteiger partial charge is 0.322 e. The van der Waals surface area contributed by atoms with Crippen LogP contribution < -0.4 is 14.8 Å². The van der Waals surface area contributed by atoms with Gasteiger partial charge in [-0.15, -0.1) is 0 Å². The van der Waals surface area contributed by atoms with Gasteiger partial charge in [0.05, 0.1) is 31.9 Å². The van der Waals surface area contributed by atoms with Crippen molar-refractivity contribution in [2.45, 2.75) is 27.4 Å². The quantitative estimate of drug-likeness (QED) is 0.262. The van der Waals surface area contributed by atoms with Crippen molar-refractivity contribution in [2.24, 2.45) is 0 Å². The summed E-state index contributed by atoms with van der Waals surface area (Å²) in [5.41, 5.74) is 4.63. The van der Waals surface area contributed by atoms with Gasteiger partial charge in [-0.05, 0) is 67.8 Å². The van der Waals surface area contributed by atoms with E-state index < -0.39 is 35.6 Å². The highest BCUT2D eigenvalue weighted by Crippen LogP contribution is 2.42. The average Bonchev–Trinajstić information content (AvgIpc) is 2.94. The van der Waals surface area contributed by atoms with E-state index in [9.17, 15) is 18.4 Å². The minimum atomic E-state index is -1.29. The third-order valence-corrected chi connectivity index (χ3v) is 6.11. The van der Waals surface area contributed by atoms with Gasteiger partial charge in [0.15, 0.2) is 0 Å². The van der Waals surface area contributed by atoms with Gasteiger partial charge < -0.3 is 24.6 Å². The zero-order chi connectivity index (χ0) is 30.1. The van der Waals surface area contributed by atoms with Crippen molar-refractivity contribution >= 4 is 22.8 Å². The van der Waals surface area contributed by atoms with Crippen LogP contribution in [0.5, 0.6) is 11.5 Å². The molecule has 10 heteroatoms. The molecule has 41 heavy (non-hydrogen) atoms. The molecule has 0 aliphatic rings. The average molecular weight is 567 g/mol. The molecular weight excluding hydrogens is 534 g/mol. The molecule has 0 aliphatic carbocycles. The lowest BCUT2D eigenvalue weighted by Crippen LogP contribution is -2.30. The Morgan fingerprint density at radius 1 is 0.976 bits per heavy atom. The van der Waals surface area contributed by atoms with Crippen molar-refractivity contribution in [3.8, 4) is 22.6 Å². The maximum atomic E-state index is 13.2. The number of nitrogens with zero attached hydrogens (tertiary/aromatic N) is 1. The van der Waals surface area contributed by atoms with Crippen molar-refractivity contribution in [1.29, 1.82) is 0 Å². The van der Waals surface area contributed by atoms with Crippen LogP contribution in [0.1, 0.15) is 34.0 Å². The number of nitrogens with one attached hydrogen (secondary N) is 1.